The van der Waals surface area contributed by atoms with Gasteiger partial charge in [-0.1, -0.05) is 30.7 Å². The summed E-state index contributed by atoms with van der Waals surface area (Å²) in [5.41, 5.74) is 1.91. The highest BCUT2D eigenvalue weighted by Gasteiger charge is 2.10. The second-order valence-electron chi connectivity index (χ2n) is 3.90. The van der Waals surface area contributed by atoms with Gasteiger partial charge in [0.2, 0.25) is 0 Å². The average molecular weight is 249 g/mol. The first-order chi connectivity index (χ1) is 8.11. The summed E-state index contributed by atoms with van der Waals surface area (Å²) in [5.74, 6) is 1.08. The Morgan fingerprint density at radius 1 is 1.29 bits per heavy atom. The van der Waals surface area contributed by atoms with Crippen molar-refractivity contribution in [1.29, 1.82) is 0 Å². The van der Waals surface area contributed by atoms with Crippen LogP contribution in [0.25, 0.3) is 11.3 Å². The van der Waals surface area contributed by atoms with Gasteiger partial charge in [-0.2, -0.15) is 0 Å². The molecule has 0 bridgehead atoms. The lowest BCUT2D eigenvalue weighted by Crippen LogP contribution is -1.92. The van der Waals surface area contributed by atoms with Gasteiger partial charge in [-0.3, -0.25) is 4.79 Å². The van der Waals surface area contributed by atoms with E-state index in [9.17, 15) is 4.79 Å². The zero-order valence-corrected chi connectivity index (χ0v) is 10.5. The summed E-state index contributed by atoms with van der Waals surface area (Å²) in [6, 6.07) is 9.20. The number of Topliss-reactive ketones (excluding diaryl/α,β-unsaturated/α-hetero) is 1. The summed E-state index contributed by atoms with van der Waals surface area (Å²) in [5, 5.41) is 0.697. The third kappa shape index (κ3) is 2.42. The molecule has 17 heavy (non-hydrogen) atoms. The molecule has 0 aliphatic carbocycles. The third-order valence-electron chi connectivity index (χ3n) is 2.66. The number of furan rings is 1. The van der Waals surface area contributed by atoms with Crippen LogP contribution < -0.4 is 0 Å². The number of hydrogen-bond donors (Lipinski definition) is 0. The minimum Gasteiger partial charge on any atom is -0.453 e. The number of hydrogen-bond acceptors (Lipinski definition) is 2. The smallest absolute Gasteiger partial charge is 0.197 e. The van der Waals surface area contributed by atoms with E-state index in [4.69, 9.17) is 16.0 Å². The SMILES string of the molecule is CCC(=O)c1ccc(-c2ccc(C)c(Cl)c2)o1. The average Bonchev–Trinajstić information content (AvgIpc) is 2.81. The lowest BCUT2D eigenvalue weighted by Gasteiger charge is -2.01. The van der Waals surface area contributed by atoms with Crippen LogP contribution in [0, 0.1) is 6.92 Å². The Kier molecular flexibility index (Phi) is 3.34. The Morgan fingerprint density at radius 3 is 2.71 bits per heavy atom. The van der Waals surface area contributed by atoms with E-state index < -0.39 is 0 Å². The number of ketones is 1. The number of rotatable bonds is 3. The van der Waals surface area contributed by atoms with Crippen LogP contribution in [0.15, 0.2) is 34.7 Å². The van der Waals surface area contributed by atoms with Crippen LogP contribution in [0.3, 0.4) is 0 Å². The zero-order chi connectivity index (χ0) is 12.4. The fraction of sp³-hybridized carbons (Fsp3) is 0.214. The molecular formula is C14H13ClO2. The van der Waals surface area contributed by atoms with Crippen LogP contribution in [0.4, 0.5) is 0 Å². The van der Waals surface area contributed by atoms with Crippen molar-refractivity contribution in [2.45, 2.75) is 20.3 Å². The Morgan fingerprint density at radius 2 is 2.06 bits per heavy atom. The van der Waals surface area contributed by atoms with Gasteiger partial charge in [-0.05, 0) is 30.7 Å². The normalized spacial score (nSPS) is 10.5. The van der Waals surface area contributed by atoms with Crippen LogP contribution in [0.5, 0.6) is 0 Å². The molecule has 0 aliphatic heterocycles. The molecule has 2 nitrogen and oxygen atoms in total. The maximum absolute atomic E-state index is 11.5. The van der Waals surface area contributed by atoms with E-state index in [1.807, 2.05) is 32.0 Å². The first-order valence-corrected chi connectivity index (χ1v) is 5.89. The molecule has 0 saturated carbocycles. The van der Waals surface area contributed by atoms with Crippen LogP contribution in [-0.4, -0.2) is 5.78 Å². The molecule has 1 aromatic carbocycles. The topological polar surface area (TPSA) is 30.2 Å². The molecule has 0 spiro atoms. The third-order valence-corrected chi connectivity index (χ3v) is 3.07. The summed E-state index contributed by atoms with van der Waals surface area (Å²) >= 11 is 6.05. The molecule has 0 atom stereocenters. The van der Waals surface area contributed by atoms with Gasteiger partial charge in [0.25, 0.3) is 0 Å². The first-order valence-electron chi connectivity index (χ1n) is 5.51. The minimum atomic E-state index is 0.00876. The molecule has 0 unspecified atom stereocenters. The molecule has 1 aromatic heterocycles. The molecule has 2 aromatic rings. The Bertz CT molecular complexity index is 555. The van der Waals surface area contributed by atoms with Crippen LogP contribution in [0.2, 0.25) is 5.02 Å². The predicted molar refractivity (Wildman–Crippen MR) is 68.5 cm³/mol. The van der Waals surface area contributed by atoms with Crippen LogP contribution in [-0.2, 0) is 0 Å². The van der Waals surface area contributed by atoms with Crippen molar-refractivity contribution in [3.63, 3.8) is 0 Å². The molecular weight excluding hydrogens is 236 g/mol. The molecule has 0 aliphatic rings. The Hall–Kier alpha value is -1.54. The van der Waals surface area contributed by atoms with Crippen molar-refractivity contribution in [1.82, 2.24) is 0 Å². The number of carbonyl (C=O) groups excluding carboxylic acids is 1. The molecule has 0 radical (unpaired) electrons. The summed E-state index contributed by atoms with van der Waals surface area (Å²) in [4.78, 5) is 11.5. The predicted octanol–water partition coefficient (Wildman–Crippen LogP) is 4.50. The summed E-state index contributed by atoms with van der Waals surface area (Å²) < 4.78 is 5.51. The van der Waals surface area contributed by atoms with Gasteiger partial charge in [0.15, 0.2) is 11.5 Å². The molecule has 0 saturated heterocycles. The standard InChI is InChI=1S/C14H13ClO2/c1-3-12(16)14-7-6-13(17-14)10-5-4-9(2)11(15)8-10/h4-8H,3H2,1-2H3. The van der Waals surface area contributed by atoms with Gasteiger partial charge in [-0.15, -0.1) is 0 Å². The molecule has 0 fully saturated rings. The molecule has 1 heterocycles. The summed E-state index contributed by atoms with van der Waals surface area (Å²) in [7, 11) is 0. The number of benzene rings is 1. The van der Waals surface area contributed by atoms with E-state index in [0.717, 1.165) is 11.1 Å². The second kappa shape index (κ2) is 4.76. The molecule has 2 rings (SSSR count). The van der Waals surface area contributed by atoms with Crippen LogP contribution in [0.1, 0.15) is 29.5 Å². The fourth-order valence-corrected chi connectivity index (χ4v) is 1.74. The Balaban J connectivity index is 2.37. The van der Waals surface area contributed by atoms with Crippen molar-refractivity contribution >= 4 is 17.4 Å². The van der Waals surface area contributed by atoms with E-state index >= 15 is 0 Å². The number of halogens is 1. The fourth-order valence-electron chi connectivity index (χ4n) is 1.56. The van der Waals surface area contributed by atoms with Gasteiger partial charge in [-0.25, -0.2) is 0 Å². The van der Waals surface area contributed by atoms with Gasteiger partial charge in [0, 0.05) is 17.0 Å². The molecule has 3 heteroatoms. The number of carbonyl (C=O) groups is 1. The monoisotopic (exact) mass is 248 g/mol. The van der Waals surface area contributed by atoms with E-state index in [1.54, 1.807) is 12.1 Å². The maximum Gasteiger partial charge on any atom is 0.197 e. The quantitative estimate of drug-likeness (QED) is 0.749. The van der Waals surface area contributed by atoms with E-state index in [0.29, 0.717) is 23.0 Å². The van der Waals surface area contributed by atoms with E-state index in [-0.39, 0.29) is 5.78 Å². The number of aryl methyl sites for hydroxylation is 1. The summed E-state index contributed by atoms with van der Waals surface area (Å²) in [6.45, 7) is 3.76. The van der Waals surface area contributed by atoms with Crippen molar-refractivity contribution in [2.75, 3.05) is 0 Å². The van der Waals surface area contributed by atoms with E-state index in [2.05, 4.69) is 0 Å². The van der Waals surface area contributed by atoms with Gasteiger partial charge < -0.3 is 4.42 Å². The zero-order valence-electron chi connectivity index (χ0n) is 9.79. The largest absolute Gasteiger partial charge is 0.453 e. The van der Waals surface area contributed by atoms with Crippen LogP contribution >= 0.6 is 11.6 Å². The van der Waals surface area contributed by atoms with Crippen molar-refractivity contribution in [3.05, 3.63) is 46.7 Å². The molecule has 0 N–H and O–H groups in total. The van der Waals surface area contributed by atoms with Crippen molar-refractivity contribution in [2.24, 2.45) is 0 Å². The van der Waals surface area contributed by atoms with Crippen molar-refractivity contribution in [3.8, 4) is 11.3 Å². The lowest BCUT2D eigenvalue weighted by atomic mass is 10.1. The summed E-state index contributed by atoms with van der Waals surface area (Å²) in [6.07, 6.45) is 0.446. The molecule has 0 amide bonds. The highest BCUT2D eigenvalue weighted by atomic mass is 35.5. The Labute approximate surface area is 105 Å². The van der Waals surface area contributed by atoms with Crippen molar-refractivity contribution < 1.29 is 9.21 Å². The maximum atomic E-state index is 11.5. The van der Waals surface area contributed by atoms with E-state index in [1.165, 1.54) is 0 Å². The van der Waals surface area contributed by atoms with Gasteiger partial charge >= 0.3 is 0 Å². The lowest BCUT2D eigenvalue weighted by molar-refractivity contribution is 0.0962. The minimum absolute atomic E-state index is 0.00876. The first kappa shape index (κ1) is 11.9. The van der Waals surface area contributed by atoms with Gasteiger partial charge in [0.05, 0.1) is 0 Å². The molecule has 88 valence electrons. The second-order valence-corrected chi connectivity index (χ2v) is 4.31. The highest BCUT2D eigenvalue weighted by Crippen LogP contribution is 2.27. The van der Waals surface area contributed by atoms with Gasteiger partial charge in [0.1, 0.15) is 5.76 Å². The highest BCUT2D eigenvalue weighted by molar-refractivity contribution is 6.31.